The minimum atomic E-state index is -0.0793. The Hall–Kier alpha value is -0.240. The molecule has 0 radical (unpaired) electrons. The fourth-order valence-electron chi connectivity index (χ4n) is 1.33. The maximum atomic E-state index is 11.4. The summed E-state index contributed by atoms with van der Waals surface area (Å²) in [7, 11) is 0. The standard InChI is InChI=1S/C10H19ClO2/c1-3-5-9(6-4-2)10(12)13-8-7-11/h9H,3-8H2,1-2H3. The summed E-state index contributed by atoms with van der Waals surface area (Å²) in [5.74, 6) is 0.388. The van der Waals surface area contributed by atoms with Crippen LogP contribution in [0.2, 0.25) is 0 Å². The van der Waals surface area contributed by atoms with Gasteiger partial charge in [0, 0.05) is 0 Å². The van der Waals surface area contributed by atoms with Crippen LogP contribution >= 0.6 is 11.6 Å². The average molecular weight is 207 g/mol. The first kappa shape index (κ1) is 12.8. The summed E-state index contributed by atoms with van der Waals surface area (Å²) in [6.45, 7) is 4.50. The van der Waals surface area contributed by atoms with Crippen LogP contribution in [0.3, 0.4) is 0 Å². The Kier molecular flexibility index (Phi) is 8.21. The Labute approximate surface area is 85.6 Å². The minimum Gasteiger partial charge on any atom is -0.464 e. The van der Waals surface area contributed by atoms with Crippen LogP contribution in [-0.4, -0.2) is 18.5 Å². The second-order valence-electron chi connectivity index (χ2n) is 3.13. The molecule has 0 N–H and O–H groups in total. The predicted octanol–water partition coefficient (Wildman–Crippen LogP) is 2.98. The van der Waals surface area contributed by atoms with E-state index in [4.69, 9.17) is 16.3 Å². The zero-order valence-electron chi connectivity index (χ0n) is 8.51. The van der Waals surface area contributed by atoms with Gasteiger partial charge in [-0.05, 0) is 12.8 Å². The number of ether oxygens (including phenoxy) is 1. The summed E-state index contributed by atoms with van der Waals surface area (Å²) in [6, 6.07) is 0. The maximum absolute atomic E-state index is 11.4. The van der Waals surface area contributed by atoms with Crippen molar-refractivity contribution < 1.29 is 9.53 Å². The molecule has 0 bridgehead atoms. The number of carbonyl (C=O) groups is 1. The SMILES string of the molecule is CCCC(CCC)C(=O)OCCCl. The van der Waals surface area contributed by atoms with Gasteiger partial charge in [0.2, 0.25) is 0 Å². The van der Waals surface area contributed by atoms with Gasteiger partial charge in [-0.3, -0.25) is 4.79 Å². The summed E-state index contributed by atoms with van der Waals surface area (Å²) in [4.78, 5) is 11.4. The van der Waals surface area contributed by atoms with Crippen LogP contribution < -0.4 is 0 Å². The third-order valence-corrected chi connectivity index (χ3v) is 2.08. The lowest BCUT2D eigenvalue weighted by molar-refractivity contribution is -0.148. The molecular weight excluding hydrogens is 188 g/mol. The van der Waals surface area contributed by atoms with Crippen LogP contribution in [0.1, 0.15) is 39.5 Å². The molecule has 3 heteroatoms. The Morgan fingerprint density at radius 3 is 2.23 bits per heavy atom. The molecule has 78 valence electrons. The van der Waals surface area contributed by atoms with Crippen molar-refractivity contribution in [3.63, 3.8) is 0 Å². The minimum absolute atomic E-state index is 0.0793. The molecule has 0 aliphatic heterocycles. The third kappa shape index (κ3) is 5.92. The van der Waals surface area contributed by atoms with Crippen molar-refractivity contribution in [2.75, 3.05) is 12.5 Å². The van der Waals surface area contributed by atoms with Crippen LogP contribution in [0.15, 0.2) is 0 Å². The van der Waals surface area contributed by atoms with E-state index in [-0.39, 0.29) is 11.9 Å². The van der Waals surface area contributed by atoms with Gasteiger partial charge in [-0.2, -0.15) is 0 Å². The molecule has 0 aromatic heterocycles. The lowest BCUT2D eigenvalue weighted by Crippen LogP contribution is -2.18. The van der Waals surface area contributed by atoms with E-state index in [1.165, 1.54) is 0 Å². The molecule has 0 rings (SSSR count). The number of alkyl halides is 1. The number of hydrogen-bond donors (Lipinski definition) is 0. The van der Waals surface area contributed by atoms with Gasteiger partial charge < -0.3 is 4.74 Å². The summed E-state index contributed by atoms with van der Waals surface area (Å²) in [5, 5.41) is 0. The van der Waals surface area contributed by atoms with E-state index < -0.39 is 0 Å². The van der Waals surface area contributed by atoms with Gasteiger partial charge in [0.1, 0.15) is 6.61 Å². The number of esters is 1. The van der Waals surface area contributed by atoms with E-state index in [0.717, 1.165) is 25.7 Å². The first-order chi connectivity index (χ1) is 6.26. The zero-order chi connectivity index (χ0) is 10.1. The highest BCUT2D eigenvalue weighted by Crippen LogP contribution is 2.15. The molecule has 0 saturated carbocycles. The Balaban J connectivity index is 3.80. The molecular formula is C10H19ClO2. The molecule has 13 heavy (non-hydrogen) atoms. The number of carbonyl (C=O) groups excluding carboxylic acids is 1. The van der Waals surface area contributed by atoms with Gasteiger partial charge in [-0.1, -0.05) is 26.7 Å². The smallest absolute Gasteiger partial charge is 0.308 e. The molecule has 0 aromatic rings. The topological polar surface area (TPSA) is 26.3 Å². The first-order valence-corrected chi connectivity index (χ1v) is 5.52. The molecule has 0 heterocycles. The van der Waals surface area contributed by atoms with Gasteiger partial charge in [-0.25, -0.2) is 0 Å². The Morgan fingerprint density at radius 2 is 1.85 bits per heavy atom. The monoisotopic (exact) mass is 206 g/mol. The Morgan fingerprint density at radius 1 is 1.31 bits per heavy atom. The molecule has 0 atom stereocenters. The van der Waals surface area contributed by atoms with Gasteiger partial charge in [0.25, 0.3) is 0 Å². The van der Waals surface area contributed by atoms with Gasteiger partial charge in [-0.15, -0.1) is 11.6 Å². The molecule has 0 fully saturated rings. The largest absolute Gasteiger partial charge is 0.464 e. The third-order valence-electron chi connectivity index (χ3n) is 1.93. The summed E-state index contributed by atoms with van der Waals surface area (Å²) < 4.78 is 4.99. The van der Waals surface area contributed by atoms with Crippen molar-refractivity contribution in [2.24, 2.45) is 5.92 Å². The van der Waals surface area contributed by atoms with Crippen molar-refractivity contribution >= 4 is 17.6 Å². The van der Waals surface area contributed by atoms with Crippen LogP contribution in [0.4, 0.5) is 0 Å². The highest BCUT2D eigenvalue weighted by Gasteiger charge is 2.17. The first-order valence-electron chi connectivity index (χ1n) is 4.98. The number of hydrogen-bond acceptors (Lipinski definition) is 2. The van der Waals surface area contributed by atoms with Crippen LogP contribution in [0.25, 0.3) is 0 Å². The summed E-state index contributed by atoms with van der Waals surface area (Å²) in [6.07, 6.45) is 3.91. The zero-order valence-corrected chi connectivity index (χ0v) is 9.27. The van der Waals surface area contributed by atoms with E-state index >= 15 is 0 Å². The fraction of sp³-hybridized carbons (Fsp3) is 0.900. The van der Waals surface area contributed by atoms with Crippen LogP contribution in [0.5, 0.6) is 0 Å². The van der Waals surface area contributed by atoms with E-state index in [1.807, 2.05) is 0 Å². The molecule has 0 aliphatic rings. The van der Waals surface area contributed by atoms with E-state index in [0.29, 0.717) is 12.5 Å². The summed E-state index contributed by atoms with van der Waals surface area (Å²) in [5.41, 5.74) is 0. The molecule has 0 aromatic carbocycles. The normalized spacial score (nSPS) is 10.5. The van der Waals surface area contributed by atoms with Crippen molar-refractivity contribution in [1.82, 2.24) is 0 Å². The van der Waals surface area contributed by atoms with Crippen molar-refractivity contribution in [1.29, 1.82) is 0 Å². The van der Waals surface area contributed by atoms with Crippen LogP contribution in [0, 0.1) is 5.92 Å². The van der Waals surface area contributed by atoms with E-state index in [9.17, 15) is 4.79 Å². The fourth-order valence-corrected chi connectivity index (χ4v) is 1.41. The van der Waals surface area contributed by atoms with Gasteiger partial charge in [0.05, 0.1) is 11.8 Å². The van der Waals surface area contributed by atoms with Crippen LogP contribution in [-0.2, 0) is 9.53 Å². The Bertz CT molecular complexity index is 131. The number of rotatable bonds is 7. The molecule has 2 nitrogen and oxygen atoms in total. The quantitative estimate of drug-likeness (QED) is 0.473. The molecule has 0 spiro atoms. The van der Waals surface area contributed by atoms with E-state index in [1.54, 1.807) is 0 Å². The molecule has 0 saturated heterocycles. The maximum Gasteiger partial charge on any atom is 0.308 e. The predicted molar refractivity (Wildman–Crippen MR) is 55.0 cm³/mol. The molecule has 0 aliphatic carbocycles. The lowest BCUT2D eigenvalue weighted by Gasteiger charge is -2.13. The van der Waals surface area contributed by atoms with Crippen molar-refractivity contribution in [2.45, 2.75) is 39.5 Å². The van der Waals surface area contributed by atoms with Crippen molar-refractivity contribution in [3.8, 4) is 0 Å². The second kappa shape index (κ2) is 8.36. The highest BCUT2D eigenvalue weighted by molar-refractivity contribution is 6.18. The van der Waals surface area contributed by atoms with E-state index in [2.05, 4.69) is 13.8 Å². The lowest BCUT2D eigenvalue weighted by atomic mass is 9.99. The second-order valence-corrected chi connectivity index (χ2v) is 3.51. The average Bonchev–Trinajstić information content (AvgIpc) is 2.14. The summed E-state index contributed by atoms with van der Waals surface area (Å²) >= 11 is 5.43. The molecule has 0 unspecified atom stereocenters. The molecule has 0 amide bonds. The van der Waals surface area contributed by atoms with Gasteiger partial charge >= 0.3 is 5.97 Å². The van der Waals surface area contributed by atoms with Gasteiger partial charge in [0.15, 0.2) is 0 Å². The highest BCUT2D eigenvalue weighted by atomic mass is 35.5. The number of halogens is 1. The van der Waals surface area contributed by atoms with Crippen molar-refractivity contribution in [3.05, 3.63) is 0 Å².